The van der Waals surface area contributed by atoms with E-state index in [-0.39, 0.29) is 17.5 Å². The number of hydrogen-bond donors (Lipinski definition) is 1. The average Bonchev–Trinajstić information content (AvgIpc) is 2.95. The van der Waals surface area contributed by atoms with Gasteiger partial charge in [-0.05, 0) is 25.5 Å². The van der Waals surface area contributed by atoms with Gasteiger partial charge in [0, 0.05) is 16.1 Å². The van der Waals surface area contributed by atoms with Crippen LogP contribution in [-0.4, -0.2) is 29.7 Å². The van der Waals surface area contributed by atoms with Gasteiger partial charge < -0.3 is 5.73 Å². The third kappa shape index (κ3) is 2.85. The number of benzene rings is 1. The van der Waals surface area contributed by atoms with E-state index in [2.05, 4.69) is 21.0 Å². The van der Waals surface area contributed by atoms with E-state index in [0.29, 0.717) is 12.2 Å². The Morgan fingerprint density at radius 3 is 2.81 bits per heavy atom. The lowest BCUT2D eigenvalue weighted by molar-refractivity contribution is 0.508. The van der Waals surface area contributed by atoms with Crippen molar-refractivity contribution in [3.63, 3.8) is 0 Å². The Balaban J connectivity index is 2.00. The van der Waals surface area contributed by atoms with Crippen LogP contribution in [0.3, 0.4) is 0 Å². The zero-order valence-corrected chi connectivity index (χ0v) is 14.0. The fourth-order valence-corrected chi connectivity index (χ4v) is 4.78. The highest BCUT2D eigenvalue weighted by Crippen LogP contribution is 2.32. The summed E-state index contributed by atoms with van der Waals surface area (Å²) in [7, 11) is -2.96. The van der Waals surface area contributed by atoms with Crippen LogP contribution in [-0.2, 0) is 9.84 Å². The molecule has 1 unspecified atom stereocenters. The zero-order valence-electron chi connectivity index (χ0n) is 11.6. The van der Waals surface area contributed by atoms with E-state index in [9.17, 15) is 8.42 Å². The Bertz CT molecular complexity index is 799. The smallest absolute Gasteiger partial charge is 0.152 e. The van der Waals surface area contributed by atoms with Gasteiger partial charge in [-0.1, -0.05) is 27.6 Å². The quantitative estimate of drug-likeness (QED) is 0.881. The van der Waals surface area contributed by atoms with Crippen molar-refractivity contribution in [1.29, 1.82) is 0 Å². The number of nitrogens with two attached hydrogens (primary N) is 1. The molecule has 1 aliphatic heterocycles. The van der Waals surface area contributed by atoms with Gasteiger partial charge in [-0.15, -0.1) is 0 Å². The minimum atomic E-state index is -2.96. The van der Waals surface area contributed by atoms with E-state index >= 15 is 0 Å². The van der Waals surface area contributed by atoms with Crippen LogP contribution in [0.15, 0.2) is 28.7 Å². The summed E-state index contributed by atoms with van der Waals surface area (Å²) in [5, 5.41) is 4.53. The molecule has 1 aromatic heterocycles. The molecule has 0 amide bonds. The molecule has 0 bridgehead atoms. The van der Waals surface area contributed by atoms with Crippen LogP contribution in [0.2, 0.25) is 0 Å². The summed E-state index contributed by atoms with van der Waals surface area (Å²) in [4.78, 5) is 0. The molecule has 112 valence electrons. The number of aromatic nitrogens is 2. The van der Waals surface area contributed by atoms with E-state index in [1.165, 1.54) is 0 Å². The summed E-state index contributed by atoms with van der Waals surface area (Å²) in [6, 6.07) is 7.65. The fourth-order valence-electron chi connectivity index (χ4n) is 2.64. The molecule has 0 spiro atoms. The van der Waals surface area contributed by atoms with Gasteiger partial charge in [-0.25, -0.2) is 13.1 Å². The second-order valence-corrected chi connectivity index (χ2v) is 8.52. The maximum absolute atomic E-state index is 11.6. The summed E-state index contributed by atoms with van der Waals surface area (Å²) < 4.78 is 25.8. The third-order valence-corrected chi connectivity index (χ3v) is 6.16. The Morgan fingerprint density at radius 1 is 1.38 bits per heavy atom. The second-order valence-electron chi connectivity index (χ2n) is 5.44. The van der Waals surface area contributed by atoms with Crippen molar-refractivity contribution in [2.24, 2.45) is 0 Å². The monoisotopic (exact) mass is 369 g/mol. The van der Waals surface area contributed by atoms with Crippen LogP contribution in [0.4, 0.5) is 5.82 Å². The fraction of sp³-hybridized carbons (Fsp3) is 0.357. The van der Waals surface area contributed by atoms with Crippen LogP contribution in [0.1, 0.15) is 18.0 Å². The molecule has 0 aliphatic carbocycles. The molecule has 2 aromatic rings. The average molecular weight is 370 g/mol. The molecule has 2 N–H and O–H groups in total. The number of hydrogen-bond acceptors (Lipinski definition) is 4. The molecule has 1 aromatic carbocycles. The van der Waals surface area contributed by atoms with Gasteiger partial charge in [0.1, 0.15) is 5.82 Å². The van der Waals surface area contributed by atoms with Gasteiger partial charge in [0.05, 0.1) is 23.2 Å². The zero-order chi connectivity index (χ0) is 15.2. The first-order valence-corrected chi connectivity index (χ1v) is 9.29. The van der Waals surface area contributed by atoms with Crippen molar-refractivity contribution in [2.45, 2.75) is 19.4 Å². The first kappa shape index (κ1) is 14.6. The number of rotatable bonds is 2. The summed E-state index contributed by atoms with van der Waals surface area (Å²) >= 11 is 3.52. The van der Waals surface area contributed by atoms with Crippen LogP contribution in [0.25, 0.3) is 11.3 Å². The highest BCUT2D eigenvalue weighted by molar-refractivity contribution is 9.10. The number of halogens is 1. The predicted octanol–water partition coefficient (Wildman–Crippen LogP) is 2.56. The van der Waals surface area contributed by atoms with Crippen molar-refractivity contribution in [1.82, 2.24) is 9.78 Å². The van der Waals surface area contributed by atoms with Crippen molar-refractivity contribution in [2.75, 3.05) is 17.2 Å². The standard InChI is InChI=1S/C14H16BrN3O2S/c1-9-2-3-12(15)11(6-9)13-7-14(16)18(17-13)10-4-5-21(19,20)8-10/h2-3,6-7,10H,4-5,8,16H2,1H3. The first-order valence-electron chi connectivity index (χ1n) is 6.68. The summed E-state index contributed by atoms with van der Waals surface area (Å²) in [6.07, 6.45) is 0.572. The summed E-state index contributed by atoms with van der Waals surface area (Å²) in [6.45, 7) is 2.01. The van der Waals surface area contributed by atoms with Crippen molar-refractivity contribution in [3.8, 4) is 11.3 Å². The molecular formula is C14H16BrN3O2S. The third-order valence-electron chi connectivity index (χ3n) is 3.72. The largest absolute Gasteiger partial charge is 0.384 e. The van der Waals surface area contributed by atoms with Gasteiger partial charge in [-0.3, -0.25) is 0 Å². The molecule has 0 radical (unpaired) electrons. The summed E-state index contributed by atoms with van der Waals surface area (Å²) in [5.41, 5.74) is 8.87. The number of nitrogens with zero attached hydrogens (tertiary/aromatic N) is 2. The van der Waals surface area contributed by atoms with Crippen LogP contribution in [0.5, 0.6) is 0 Å². The SMILES string of the molecule is Cc1ccc(Br)c(-c2cc(N)n(C3CCS(=O)(=O)C3)n2)c1. The Labute approximate surface area is 132 Å². The lowest BCUT2D eigenvalue weighted by atomic mass is 10.1. The van der Waals surface area contributed by atoms with Crippen molar-refractivity contribution < 1.29 is 8.42 Å². The molecule has 5 nitrogen and oxygen atoms in total. The second kappa shape index (κ2) is 5.14. The van der Waals surface area contributed by atoms with Crippen LogP contribution < -0.4 is 5.73 Å². The number of anilines is 1. The van der Waals surface area contributed by atoms with Gasteiger partial charge in [0.25, 0.3) is 0 Å². The Morgan fingerprint density at radius 2 is 2.14 bits per heavy atom. The van der Waals surface area contributed by atoms with Gasteiger partial charge >= 0.3 is 0 Å². The van der Waals surface area contributed by atoms with E-state index in [1.807, 2.05) is 25.1 Å². The normalized spacial score (nSPS) is 20.8. The topological polar surface area (TPSA) is 78.0 Å². The first-order chi connectivity index (χ1) is 9.85. The minimum Gasteiger partial charge on any atom is -0.384 e. The lowest BCUT2D eigenvalue weighted by Crippen LogP contribution is -2.14. The maximum Gasteiger partial charge on any atom is 0.152 e. The van der Waals surface area contributed by atoms with Crippen molar-refractivity contribution >= 4 is 31.6 Å². The molecule has 1 fully saturated rings. The highest BCUT2D eigenvalue weighted by atomic mass is 79.9. The van der Waals surface area contributed by atoms with Gasteiger partial charge in [0.15, 0.2) is 9.84 Å². The Kier molecular flexibility index (Phi) is 3.57. The van der Waals surface area contributed by atoms with Gasteiger partial charge in [0.2, 0.25) is 0 Å². The maximum atomic E-state index is 11.6. The molecule has 0 saturated carbocycles. The lowest BCUT2D eigenvalue weighted by Gasteiger charge is -2.10. The molecule has 3 rings (SSSR count). The van der Waals surface area contributed by atoms with Crippen molar-refractivity contribution in [3.05, 3.63) is 34.3 Å². The molecule has 1 saturated heterocycles. The predicted molar refractivity (Wildman–Crippen MR) is 86.8 cm³/mol. The summed E-state index contributed by atoms with van der Waals surface area (Å²) in [5.74, 6) is 0.828. The highest BCUT2D eigenvalue weighted by Gasteiger charge is 2.31. The molecule has 2 heterocycles. The number of sulfone groups is 1. The van der Waals surface area contributed by atoms with Gasteiger partial charge in [-0.2, -0.15) is 5.10 Å². The molecule has 21 heavy (non-hydrogen) atoms. The molecule has 1 atom stereocenters. The van der Waals surface area contributed by atoms with E-state index in [0.717, 1.165) is 21.3 Å². The van der Waals surface area contributed by atoms with E-state index in [1.54, 1.807) is 10.7 Å². The Hall–Kier alpha value is -1.34. The number of aryl methyl sites for hydroxylation is 1. The molecule has 1 aliphatic rings. The van der Waals surface area contributed by atoms with E-state index < -0.39 is 9.84 Å². The minimum absolute atomic E-state index is 0.118. The molecule has 7 heteroatoms. The molecular weight excluding hydrogens is 354 g/mol. The van der Waals surface area contributed by atoms with Crippen LogP contribution >= 0.6 is 15.9 Å². The van der Waals surface area contributed by atoms with E-state index in [4.69, 9.17) is 5.73 Å². The number of nitrogen functional groups attached to an aromatic ring is 1. The van der Waals surface area contributed by atoms with Crippen LogP contribution in [0, 0.1) is 6.92 Å².